The van der Waals surface area contributed by atoms with Gasteiger partial charge in [-0.15, -0.1) is 0 Å². The van der Waals surface area contributed by atoms with Crippen molar-refractivity contribution in [2.75, 3.05) is 0 Å². The van der Waals surface area contributed by atoms with E-state index in [-0.39, 0.29) is 5.91 Å². The van der Waals surface area contributed by atoms with Gasteiger partial charge in [0.05, 0.1) is 6.42 Å². The first-order valence-electron chi connectivity index (χ1n) is 3.94. The molecule has 1 amide bonds. The van der Waals surface area contributed by atoms with Crippen LogP contribution in [0, 0.1) is 0 Å². The average molecular weight is 196 g/mol. The molecule has 13 heavy (non-hydrogen) atoms. The Kier molecular flexibility index (Phi) is 3.79. The molecule has 1 aromatic carbocycles. The van der Waals surface area contributed by atoms with Crippen molar-refractivity contribution in [3.05, 3.63) is 35.4 Å². The fraction of sp³-hybridized carbons (Fsp3) is 0.222. The molecule has 0 bridgehead atoms. The third kappa shape index (κ3) is 3.08. The zero-order valence-corrected chi connectivity index (χ0v) is 8.05. The highest BCUT2D eigenvalue weighted by Crippen LogP contribution is 2.06. The number of carbonyl (C=O) groups excluding carboxylic acids is 1. The van der Waals surface area contributed by atoms with Gasteiger partial charge in [0, 0.05) is 5.75 Å². The standard InChI is InChI=1S/C9H12N2OS/c10-11-9(12)5-7-1-3-8(6-13)4-2-7/h1-4,13H,5-6,10H2,(H,11,12). The Morgan fingerprint density at radius 2 is 1.85 bits per heavy atom. The summed E-state index contributed by atoms with van der Waals surface area (Å²) in [5.74, 6) is 5.49. The Morgan fingerprint density at radius 3 is 2.31 bits per heavy atom. The molecule has 0 aliphatic rings. The van der Waals surface area contributed by atoms with Crippen LogP contribution in [0.2, 0.25) is 0 Å². The summed E-state index contributed by atoms with van der Waals surface area (Å²) in [5, 5.41) is 0. The summed E-state index contributed by atoms with van der Waals surface area (Å²) in [5.41, 5.74) is 4.18. The lowest BCUT2D eigenvalue weighted by molar-refractivity contribution is -0.120. The number of carbonyl (C=O) groups is 1. The summed E-state index contributed by atoms with van der Waals surface area (Å²) in [6.45, 7) is 0. The molecule has 1 rings (SSSR count). The molecule has 0 aliphatic carbocycles. The Labute approximate surface area is 82.7 Å². The van der Waals surface area contributed by atoms with Gasteiger partial charge in [0.2, 0.25) is 5.91 Å². The van der Waals surface area contributed by atoms with Gasteiger partial charge in [0.1, 0.15) is 0 Å². The molecule has 3 nitrogen and oxygen atoms in total. The van der Waals surface area contributed by atoms with Gasteiger partial charge in [-0.1, -0.05) is 24.3 Å². The van der Waals surface area contributed by atoms with E-state index in [1.807, 2.05) is 24.3 Å². The van der Waals surface area contributed by atoms with Gasteiger partial charge in [-0.25, -0.2) is 5.84 Å². The van der Waals surface area contributed by atoms with E-state index in [0.717, 1.165) is 11.1 Å². The van der Waals surface area contributed by atoms with Gasteiger partial charge in [0.15, 0.2) is 0 Å². The molecule has 0 atom stereocenters. The van der Waals surface area contributed by atoms with Crippen molar-refractivity contribution < 1.29 is 4.79 Å². The van der Waals surface area contributed by atoms with Crippen LogP contribution in [0.4, 0.5) is 0 Å². The summed E-state index contributed by atoms with van der Waals surface area (Å²) in [6.07, 6.45) is 0.323. The minimum absolute atomic E-state index is 0.182. The minimum atomic E-state index is -0.182. The predicted octanol–water partition coefficient (Wildman–Crippen LogP) is 0.649. The minimum Gasteiger partial charge on any atom is -0.294 e. The van der Waals surface area contributed by atoms with Crippen LogP contribution in [0.15, 0.2) is 24.3 Å². The third-order valence-electron chi connectivity index (χ3n) is 1.73. The molecule has 3 N–H and O–H groups in total. The lowest BCUT2D eigenvalue weighted by Gasteiger charge is -2.01. The van der Waals surface area contributed by atoms with Crippen molar-refractivity contribution in [3.63, 3.8) is 0 Å². The zero-order valence-electron chi connectivity index (χ0n) is 7.16. The van der Waals surface area contributed by atoms with Crippen LogP contribution in [-0.4, -0.2) is 5.91 Å². The van der Waals surface area contributed by atoms with Crippen molar-refractivity contribution in [1.82, 2.24) is 5.43 Å². The van der Waals surface area contributed by atoms with E-state index in [0.29, 0.717) is 12.2 Å². The second-order valence-corrected chi connectivity index (χ2v) is 3.04. The Morgan fingerprint density at radius 1 is 1.31 bits per heavy atom. The summed E-state index contributed by atoms with van der Waals surface area (Å²) >= 11 is 4.13. The van der Waals surface area contributed by atoms with E-state index in [4.69, 9.17) is 5.84 Å². The van der Waals surface area contributed by atoms with Crippen LogP contribution in [0.1, 0.15) is 11.1 Å². The maximum atomic E-state index is 10.9. The number of nitrogens with two attached hydrogens (primary N) is 1. The first-order chi connectivity index (χ1) is 6.26. The molecule has 0 radical (unpaired) electrons. The molecule has 1 aromatic rings. The smallest absolute Gasteiger partial charge is 0.238 e. The normalized spacial score (nSPS) is 9.69. The maximum absolute atomic E-state index is 10.9. The number of rotatable bonds is 3. The molecule has 0 saturated heterocycles. The van der Waals surface area contributed by atoms with Crippen LogP contribution in [0.25, 0.3) is 0 Å². The second-order valence-electron chi connectivity index (χ2n) is 2.72. The van der Waals surface area contributed by atoms with E-state index in [9.17, 15) is 4.79 Å². The van der Waals surface area contributed by atoms with E-state index in [2.05, 4.69) is 18.1 Å². The van der Waals surface area contributed by atoms with Crippen molar-refractivity contribution in [3.8, 4) is 0 Å². The number of hydrogen-bond donors (Lipinski definition) is 3. The SMILES string of the molecule is NNC(=O)Cc1ccc(CS)cc1. The summed E-state index contributed by atoms with van der Waals surface area (Å²) in [7, 11) is 0. The number of benzene rings is 1. The largest absolute Gasteiger partial charge is 0.294 e. The van der Waals surface area contributed by atoms with Gasteiger partial charge in [-0.2, -0.15) is 12.6 Å². The van der Waals surface area contributed by atoms with Crippen molar-refractivity contribution in [2.45, 2.75) is 12.2 Å². The van der Waals surface area contributed by atoms with Gasteiger partial charge in [0.25, 0.3) is 0 Å². The maximum Gasteiger partial charge on any atom is 0.238 e. The highest BCUT2D eigenvalue weighted by atomic mass is 32.1. The average Bonchev–Trinajstić information content (AvgIpc) is 2.19. The number of hydrogen-bond acceptors (Lipinski definition) is 3. The van der Waals surface area contributed by atoms with E-state index in [1.54, 1.807) is 0 Å². The van der Waals surface area contributed by atoms with Crippen molar-refractivity contribution >= 4 is 18.5 Å². The lowest BCUT2D eigenvalue weighted by Crippen LogP contribution is -2.31. The van der Waals surface area contributed by atoms with Crippen molar-refractivity contribution in [1.29, 1.82) is 0 Å². The van der Waals surface area contributed by atoms with Crippen molar-refractivity contribution in [2.24, 2.45) is 5.84 Å². The molecule has 0 saturated carbocycles. The Balaban J connectivity index is 2.64. The highest BCUT2D eigenvalue weighted by molar-refractivity contribution is 7.79. The number of thiol groups is 1. The summed E-state index contributed by atoms with van der Waals surface area (Å²) in [6, 6.07) is 7.71. The van der Waals surface area contributed by atoms with Gasteiger partial charge in [-0.3, -0.25) is 10.2 Å². The van der Waals surface area contributed by atoms with Crippen LogP contribution in [0.5, 0.6) is 0 Å². The number of nitrogens with one attached hydrogen (secondary N) is 1. The van der Waals surface area contributed by atoms with Crippen LogP contribution in [0.3, 0.4) is 0 Å². The number of hydrazine groups is 1. The first-order valence-corrected chi connectivity index (χ1v) is 4.57. The van der Waals surface area contributed by atoms with Crippen LogP contribution in [-0.2, 0) is 17.0 Å². The molecule has 0 spiro atoms. The molecule has 0 unspecified atom stereocenters. The molecular formula is C9H12N2OS. The zero-order chi connectivity index (χ0) is 9.68. The van der Waals surface area contributed by atoms with Crippen LogP contribution >= 0.6 is 12.6 Å². The fourth-order valence-corrected chi connectivity index (χ4v) is 1.21. The van der Waals surface area contributed by atoms with Crippen LogP contribution < -0.4 is 11.3 Å². The Bertz CT molecular complexity index is 284. The molecule has 0 aromatic heterocycles. The first kappa shape index (κ1) is 10.1. The van der Waals surface area contributed by atoms with E-state index in [1.165, 1.54) is 0 Å². The van der Waals surface area contributed by atoms with E-state index < -0.39 is 0 Å². The second kappa shape index (κ2) is 4.89. The quantitative estimate of drug-likeness (QED) is 0.288. The lowest BCUT2D eigenvalue weighted by atomic mass is 10.1. The predicted molar refractivity (Wildman–Crippen MR) is 55.2 cm³/mol. The molecular weight excluding hydrogens is 184 g/mol. The topological polar surface area (TPSA) is 55.1 Å². The molecule has 70 valence electrons. The van der Waals surface area contributed by atoms with E-state index >= 15 is 0 Å². The summed E-state index contributed by atoms with van der Waals surface area (Å²) < 4.78 is 0. The molecule has 4 heteroatoms. The fourth-order valence-electron chi connectivity index (χ4n) is 0.999. The molecule has 0 heterocycles. The molecule has 0 fully saturated rings. The summed E-state index contributed by atoms with van der Waals surface area (Å²) in [4.78, 5) is 10.9. The third-order valence-corrected chi connectivity index (χ3v) is 2.10. The van der Waals surface area contributed by atoms with Gasteiger partial charge in [-0.05, 0) is 11.1 Å². The molecule has 0 aliphatic heterocycles. The monoisotopic (exact) mass is 196 g/mol. The highest BCUT2D eigenvalue weighted by Gasteiger charge is 2.00. The van der Waals surface area contributed by atoms with Gasteiger partial charge < -0.3 is 0 Å². The number of amides is 1. The van der Waals surface area contributed by atoms with Gasteiger partial charge >= 0.3 is 0 Å². The Hall–Kier alpha value is -1.00.